The molecular weight excluding hydrogens is 612 g/mol. The molecule has 0 saturated carbocycles. The van der Waals surface area contributed by atoms with Gasteiger partial charge in [0, 0.05) is 19.9 Å². The van der Waals surface area contributed by atoms with E-state index in [1.165, 1.54) is 5.56 Å². The van der Waals surface area contributed by atoms with Crippen LogP contribution in [0.5, 0.6) is 0 Å². The van der Waals surface area contributed by atoms with Gasteiger partial charge in [-0.3, -0.25) is 0 Å². The van der Waals surface area contributed by atoms with Gasteiger partial charge in [-0.1, -0.05) is 81.4 Å². The summed E-state index contributed by atoms with van der Waals surface area (Å²) in [4.78, 5) is 2.47. The molecule has 0 bridgehead atoms. The van der Waals surface area contributed by atoms with Gasteiger partial charge in [-0.25, -0.2) is 0 Å². The van der Waals surface area contributed by atoms with Crippen molar-refractivity contribution in [2.24, 2.45) is 0 Å². The van der Waals surface area contributed by atoms with Crippen molar-refractivity contribution in [1.29, 1.82) is 0 Å². The van der Waals surface area contributed by atoms with Crippen molar-refractivity contribution in [3.63, 3.8) is 0 Å². The maximum Gasteiger partial charge on any atom is 0.494 e. The van der Waals surface area contributed by atoms with Crippen LogP contribution in [0.4, 0.5) is 5.69 Å². The van der Waals surface area contributed by atoms with E-state index in [1.807, 2.05) is 0 Å². The summed E-state index contributed by atoms with van der Waals surface area (Å²) in [6.07, 6.45) is -0.495. The molecule has 9 heteroatoms. The molecular formula is C40H55B2NO6. The van der Waals surface area contributed by atoms with Crippen LogP contribution in [-0.2, 0) is 33.5 Å². The molecule has 0 unspecified atom stereocenters. The predicted octanol–water partition coefficient (Wildman–Crippen LogP) is 6.92. The van der Waals surface area contributed by atoms with Gasteiger partial charge in [0.05, 0.1) is 34.5 Å². The molecule has 0 radical (unpaired) electrons. The Bertz CT molecular complexity index is 1490. The van der Waals surface area contributed by atoms with E-state index in [9.17, 15) is 0 Å². The van der Waals surface area contributed by atoms with Crippen molar-refractivity contribution in [2.75, 3.05) is 19.1 Å². The SMILES string of the molecule is CO[C@H]1[C@H](OC)[C@H](c2ccc(B3OC(C)(C)C(C)(C)O3)cc2)N(c2ccc(C(C)(C)C)cc2)[C@H]1c1ccc(B2OC(C)(C)C(C)(C)O2)cc1. The highest BCUT2D eigenvalue weighted by Gasteiger charge is 2.54. The van der Waals surface area contributed by atoms with E-state index in [-0.39, 0.29) is 29.7 Å². The van der Waals surface area contributed by atoms with Crippen LogP contribution in [-0.4, -0.2) is 63.1 Å². The fourth-order valence-electron chi connectivity index (χ4n) is 7.19. The third-order valence-electron chi connectivity index (χ3n) is 11.7. The molecule has 3 heterocycles. The fraction of sp³-hybridized carbons (Fsp3) is 0.550. The molecule has 262 valence electrons. The summed E-state index contributed by atoms with van der Waals surface area (Å²) in [5, 5.41) is 0. The topological polar surface area (TPSA) is 58.6 Å². The van der Waals surface area contributed by atoms with E-state index in [2.05, 4.69) is 154 Å². The minimum absolute atomic E-state index is 0.0408. The molecule has 3 saturated heterocycles. The lowest BCUT2D eigenvalue weighted by atomic mass is 9.78. The van der Waals surface area contributed by atoms with E-state index in [4.69, 9.17) is 28.1 Å². The number of benzene rings is 3. The molecule has 0 spiro atoms. The van der Waals surface area contributed by atoms with Crippen LogP contribution in [0.1, 0.15) is 105 Å². The van der Waals surface area contributed by atoms with Crippen molar-refractivity contribution >= 4 is 30.8 Å². The largest absolute Gasteiger partial charge is 0.494 e. The Morgan fingerprint density at radius 1 is 0.531 bits per heavy atom. The standard InChI is InChI=1S/C40H55B2NO6/c1-36(2,3)28-18-24-31(25-19-28)43-32(26-14-20-29(21-15-26)41-46-37(4,5)38(6,7)47-41)34(44-12)35(45-13)33(43)27-16-22-30(23-17-27)42-48-39(8,9)40(10,11)49-42/h14-25,32-35H,1-13H3/t32-,33-,34+,35+/m0/s1. The lowest BCUT2D eigenvalue weighted by molar-refractivity contribution is -0.0288. The fourth-order valence-corrected chi connectivity index (χ4v) is 7.19. The van der Waals surface area contributed by atoms with Crippen LogP contribution in [0.2, 0.25) is 0 Å². The highest BCUT2D eigenvalue weighted by molar-refractivity contribution is 6.62. The van der Waals surface area contributed by atoms with Gasteiger partial charge in [0.1, 0.15) is 12.2 Å². The molecule has 3 aromatic rings. The zero-order valence-corrected chi connectivity index (χ0v) is 31.8. The predicted molar refractivity (Wildman–Crippen MR) is 199 cm³/mol. The lowest BCUT2D eigenvalue weighted by Crippen LogP contribution is -2.41. The Hall–Kier alpha value is -2.65. The first-order valence-electron chi connectivity index (χ1n) is 17.7. The van der Waals surface area contributed by atoms with E-state index in [1.54, 1.807) is 14.2 Å². The Morgan fingerprint density at radius 2 is 0.857 bits per heavy atom. The number of methoxy groups -OCH3 is 2. The van der Waals surface area contributed by atoms with Gasteiger partial charge in [0.25, 0.3) is 0 Å². The van der Waals surface area contributed by atoms with Gasteiger partial charge in [0.2, 0.25) is 0 Å². The van der Waals surface area contributed by atoms with Crippen molar-refractivity contribution < 1.29 is 28.1 Å². The molecule has 49 heavy (non-hydrogen) atoms. The first kappa shape index (κ1) is 36.2. The molecule has 0 amide bonds. The average molecular weight is 668 g/mol. The molecule has 3 aromatic carbocycles. The molecule has 4 atom stereocenters. The summed E-state index contributed by atoms with van der Waals surface area (Å²) in [6.45, 7) is 23.4. The van der Waals surface area contributed by atoms with Crippen molar-refractivity contribution in [1.82, 2.24) is 0 Å². The van der Waals surface area contributed by atoms with Gasteiger partial charge in [0.15, 0.2) is 0 Å². The van der Waals surface area contributed by atoms with Crippen molar-refractivity contribution in [2.45, 2.75) is 128 Å². The van der Waals surface area contributed by atoms with Crippen molar-refractivity contribution in [3.8, 4) is 0 Å². The van der Waals surface area contributed by atoms with Gasteiger partial charge < -0.3 is 33.0 Å². The van der Waals surface area contributed by atoms with Crippen LogP contribution in [0.25, 0.3) is 0 Å². The van der Waals surface area contributed by atoms with Crippen LogP contribution in [0.3, 0.4) is 0 Å². The van der Waals surface area contributed by atoms with Crippen LogP contribution in [0, 0.1) is 0 Å². The number of hydrogen-bond acceptors (Lipinski definition) is 7. The summed E-state index contributed by atoms with van der Waals surface area (Å²) >= 11 is 0. The molecule has 3 aliphatic rings. The second-order valence-corrected chi connectivity index (χ2v) is 17.0. The molecule has 3 aliphatic heterocycles. The number of nitrogens with zero attached hydrogens (tertiary/aromatic N) is 1. The molecule has 6 rings (SSSR count). The van der Waals surface area contributed by atoms with E-state index in [0.717, 1.165) is 27.7 Å². The summed E-state index contributed by atoms with van der Waals surface area (Å²) < 4.78 is 38.2. The molecule has 0 aromatic heterocycles. The third-order valence-corrected chi connectivity index (χ3v) is 11.7. The van der Waals surface area contributed by atoms with Gasteiger partial charge in [-0.15, -0.1) is 0 Å². The lowest BCUT2D eigenvalue weighted by Gasteiger charge is -2.34. The minimum Gasteiger partial charge on any atom is -0.399 e. The second-order valence-electron chi connectivity index (χ2n) is 17.0. The Kier molecular flexibility index (Phi) is 9.25. The minimum atomic E-state index is -0.427. The summed E-state index contributed by atoms with van der Waals surface area (Å²) in [6, 6.07) is 25.9. The third kappa shape index (κ3) is 6.40. The molecule has 3 fully saturated rings. The highest BCUT2D eigenvalue weighted by atomic mass is 16.7. The molecule has 0 aliphatic carbocycles. The Labute approximate surface area is 295 Å². The normalized spacial score (nSPS) is 27.2. The zero-order valence-electron chi connectivity index (χ0n) is 31.8. The Morgan fingerprint density at radius 3 is 1.14 bits per heavy atom. The van der Waals surface area contributed by atoms with Crippen LogP contribution < -0.4 is 15.8 Å². The van der Waals surface area contributed by atoms with Crippen molar-refractivity contribution in [3.05, 3.63) is 89.5 Å². The summed E-state index contributed by atoms with van der Waals surface area (Å²) in [7, 11) is 2.72. The van der Waals surface area contributed by atoms with E-state index >= 15 is 0 Å². The second kappa shape index (κ2) is 12.5. The number of ether oxygens (including phenoxy) is 2. The summed E-state index contributed by atoms with van der Waals surface area (Å²) in [5.41, 5.74) is 5.05. The Balaban J connectivity index is 1.39. The summed E-state index contributed by atoms with van der Waals surface area (Å²) in [5.74, 6) is 0. The smallest absolute Gasteiger partial charge is 0.399 e. The quantitative estimate of drug-likeness (QED) is 0.254. The highest BCUT2D eigenvalue weighted by Crippen LogP contribution is 2.50. The number of anilines is 1. The average Bonchev–Trinajstić information content (AvgIpc) is 3.57. The maximum atomic E-state index is 6.37. The zero-order chi connectivity index (χ0) is 35.7. The monoisotopic (exact) mass is 667 g/mol. The molecule has 0 N–H and O–H groups in total. The van der Waals surface area contributed by atoms with Crippen LogP contribution >= 0.6 is 0 Å². The van der Waals surface area contributed by atoms with Gasteiger partial charge in [-0.2, -0.15) is 0 Å². The van der Waals surface area contributed by atoms with E-state index < -0.39 is 36.6 Å². The maximum absolute atomic E-state index is 6.37. The van der Waals surface area contributed by atoms with E-state index in [0.29, 0.717) is 0 Å². The molecule has 7 nitrogen and oxygen atoms in total. The number of rotatable bonds is 7. The first-order chi connectivity index (χ1) is 22.8. The number of hydrogen-bond donors (Lipinski definition) is 0. The van der Waals surface area contributed by atoms with Gasteiger partial charge in [-0.05, 0) is 101 Å². The van der Waals surface area contributed by atoms with Crippen LogP contribution in [0.15, 0.2) is 72.8 Å². The first-order valence-corrected chi connectivity index (χ1v) is 17.7. The van der Waals surface area contributed by atoms with Gasteiger partial charge >= 0.3 is 14.2 Å².